The lowest BCUT2D eigenvalue weighted by atomic mass is 10.1. The first kappa shape index (κ1) is 22.8. The van der Waals surface area contributed by atoms with Crippen LogP contribution in [0.15, 0.2) is 23.7 Å². The molecule has 174 valence electrons. The second kappa shape index (κ2) is 9.62. The van der Waals surface area contributed by atoms with E-state index in [0.717, 1.165) is 55.4 Å². The van der Waals surface area contributed by atoms with Crippen LogP contribution in [-0.2, 0) is 12.7 Å². The Morgan fingerprint density at radius 1 is 1.16 bits per heavy atom. The minimum atomic E-state index is -4.38. The molecule has 0 aliphatic carbocycles. The molecule has 0 bridgehead atoms. The number of hydrogen-bond donors (Lipinski definition) is 1. The van der Waals surface area contributed by atoms with Gasteiger partial charge in [0.15, 0.2) is 0 Å². The van der Waals surface area contributed by atoms with E-state index in [0.29, 0.717) is 32.0 Å². The van der Waals surface area contributed by atoms with E-state index >= 15 is 0 Å². The van der Waals surface area contributed by atoms with Crippen molar-refractivity contribution in [2.45, 2.75) is 38.5 Å². The fourth-order valence-corrected chi connectivity index (χ4v) is 4.68. The summed E-state index contributed by atoms with van der Waals surface area (Å²) in [5, 5.41) is 6.27. The number of urea groups is 1. The van der Waals surface area contributed by atoms with Crippen molar-refractivity contribution in [2.75, 3.05) is 44.2 Å². The van der Waals surface area contributed by atoms with E-state index < -0.39 is 11.7 Å². The van der Waals surface area contributed by atoms with Gasteiger partial charge in [-0.25, -0.2) is 14.8 Å². The molecule has 0 radical (unpaired) electrons. The summed E-state index contributed by atoms with van der Waals surface area (Å²) in [4.78, 5) is 27.3. The Morgan fingerprint density at radius 2 is 1.88 bits per heavy atom. The Labute approximate surface area is 189 Å². The number of anilines is 1. The largest absolute Gasteiger partial charge is 0.417 e. The van der Waals surface area contributed by atoms with Crippen molar-refractivity contribution < 1.29 is 18.0 Å². The number of nitrogens with zero attached hydrogens (tertiary/aromatic N) is 5. The number of carbonyl (C=O) groups is 1. The monoisotopic (exact) mass is 468 g/mol. The number of piperazine rings is 1. The van der Waals surface area contributed by atoms with Crippen molar-refractivity contribution in [3.05, 3.63) is 40.0 Å². The highest BCUT2D eigenvalue weighted by molar-refractivity contribution is 7.09. The van der Waals surface area contributed by atoms with Crippen LogP contribution in [0.25, 0.3) is 0 Å². The number of alkyl halides is 3. The standard InChI is InChI=1S/C21H27F3N6OS/c1-15-26-18(14-32-15)13-28-8-10-30(11-9-28)20(31)27-17-4-6-29(7-5-17)19-3-2-16(12-25-19)21(22,23)24/h2-3,12,14,17H,4-11,13H2,1H3,(H,27,31). The maximum absolute atomic E-state index is 12.7. The summed E-state index contributed by atoms with van der Waals surface area (Å²) in [6, 6.07) is 2.49. The third-order valence-corrected chi connectivity index (χ3v) is 6.76. The van der Waals surface area contributed by atoms with Crippen molar-refractivity contribution in [1.82, 2.24) is 25.1 Å². The first-order valence-electron chi connectivity index (χ1n) is 10.7. The fraction of sp³-hybridized carbons (Fsp3) is 0.571. The molecule has 2 aromatic heterocycles. The van der Waals surface area contributed by atoms with Crippen LogP contribution in [0.2, 0.25) is 0 Å². The SMILES string of the molecule is Cc1nc(CN2CCN(C(=O)NC3CCN(c4ccc(C(F)(F)F)cn4)CC3)CC2)cs1. The number of nitrogens with one attached hydrogen (secondary N) is 1. The first-order valence-corrected chi connectivity index (χ1v) is 11.6. The summed E-state index contributed by atoms with van der Waals surface area (Å²) in [6.45, 7) is 7.11. The van der Waals surface area contributed by atoms with Crippen molar-refractivity contribution >= 4 is 23.2 Å². The van der Waals surface area contributed by atoms with E-state index in [1.54, 1.807) is 11.3 Å². The zero-order valence-corrected chi connectivity index (χ0v) is 18.8. The van der Waals surface area contributed by atoms with Crippen LogP contribution in [-0.4, -0.2) is 71.1 Å². The maximum atomic E-state index is 12.7. The van der Waals surface area contributed by atoms with E-state index in [-0.39, 0.29) is 12.1 Å². The molecule has 2 aromatic rings. The van der Waals surface area contributed by atoms with Gasteiger partial charge in [0.2, 0.25) is 0 Å². The van der Waals surface area contributed by atoms with Gasteiger partial charge < -0.3 is 15.1 Å². The molecule has 2 amide bonds. The molecule has 2 saturated heterocycles. The predicted molar refractivity (Wildman–Crippen MR) is 117 cm³/mol. The van der Waals surface area contributed by atoms with Gasteiger partial charge in [-0.15, -0.1) is 11.3 Å². The molecule has 0 saturated carbocycles. The number of pyridine rings is 1. The Bertz CT molecular complexity index is 903. The third-order valence-electron chi connectivity index (χ3n) is 5.93. The number of amides is 2. The van der Waals surface area contributed by atoms with Gasteiger partial charge in [0, 0.05) is 63.4 Å². The van der Waals surface area contributed by atoms with E-state index in [4.69, 9.17) is 0 Å². The van der Waals surface area contributed by atoms with Crippen molar-refractivity contribution in [3.63, 3.8) is 0 Å². The lowest BCUT2D eigenvalue weighted by molar-refractivity contribution is -0.137. The van der Waals surface area contributed by atoms with Gasteiger partial charge in [-0.1, -0.05) is 0 Å². The molecule has 0 aromatic carbocycles. The van der Waals surface area contributed by atoms with Crippen LogP contribution in [0.4, 0.5) is 23.8 Å². The summed E-state index contributed by atoms with van der Waals surface area (Å²) in [5.41, 5.74) is 0.338. The minimum Gasteiger partial charge on any atom is -0.356 e. The number of aryl methyl sites for hydroxylation is 1. The Hall–Kier alpha value is -2.40. The number of halogens is 3. The van der Waals surface area contributed by atoms with Gasteiger partial charge in [0.05, 0.1) is 16.3 Å². The lowest BCUT2D eigenvalue weighted by Crippen LogP contribution is -2.54. The van der Waals surface area contributed by atoms with Gasteiger partial charge in [0.1, 0.15) is 5.82 Å². The molecular formula is C21H27F3N6OS. The second-order valence-corrected chi connectivity index (χ2v) is 9.30. The number of aromatic nitrogens is 2. The van der Waals surface area contributed by atoms with Gasteiger partial charge in [-0.2, -0.15) is 13.2 Å². The van der Waals surface area contributed by atoms with Gasteiger partial charge >= 0.3 is 12.2 Å². The molecule has 0 unspecified atom stereocenters. The van der Waals surface area contributed by atoms with E-state index in [1.165, 1.54) is 6.07 Å². The summed E-state index contributed by atoms with van der Waals surface area (Å²) >= 11 is 1.65. The van der Waals surface area contributed by atoms with Gasteiger partial charge in [0.25, 0.3) is 0 Å². The average Bonchev–Trinajstić information content (AvgIpc) is 3.19. The normalized spacial score (nSPS) is 18.8. The third kappa shape index (κ3) is 5.69. The van der Waals surface area contributed by atoms with E-state index in [2.05, 4.69) is 25.6 Å². The quantitative estimate of drug-likeness (QED) is 0.746. The average molecular weight is 469 g/mol. The molecule has 4 rings (SSSR count). The fourth-order valence-electron chi connectivity index (χ4n) is 4.08. The highest BCUT2D eigenvalue weighted by atomic mass is 32.1. The molecule has 11 heteroatoms. The number of carbonyl (C=O) groups excluding carboxylic acids is 1. The number of rotatable bonds is 4. The highest BCUT2D eigenvalue weighted by Gasteiger charge is 2.31. The molecule has 7 nitrogen and oxygen atoms in total. The summed E-state index contributed by atoms with van der Waals surface area (Å²) in [7, 11) is 0. The highest BCUT2D eigenvalue weighted by Crippen LogP contribution is 2.29. The molecule has 0 spiro atoms. The minimum absolute atomic E-state index is 0.0414. The maximum Gasteiger partial charge on any atom is 0.417 e. The zero-order valence-electron chi connectivity index (χ0n) is 17.9. The van der Waals surface area contributed by atoms with Crippen LogP contribution < -0.4 is 10.2 Å². The molecular weight excluding hydrogens is 441 g/mol. The number of thiazole rings is 1. The van der Waals surface area contributed by atoms with Crippen molar-refractivity contribution in [1.29, 1.82) is 0 Å². The van der Waals surface area contributed by atoms with Crippen LogP contribution >= 0.6 is 11.3 Å². The molecule has 0 atom stereocenters. The zero-order chi connectivity index (χ0) is 22.7. The van der Waals surface area contributed by atoms with Crippen molar-refractivity contribution in [3.8, 4) is 0 Å². The second-order valence-electron chi connectivity index (χ2n) is 8.23. The van der Waals surface area contributed by atoms with Gasteiger partial charge in [-0.3, -0.25) is 4.90 Å². The molecule has 1 N–H and O–H groups in total. The van der Waals surface area contributed by atoms with E-state index in [9.17, 15) is 18.0 Å². The Morgan fingerprint density at radius 3 is 2.44 bits per heavy atom. The predicted octanol–water partition coefficient (Wildman–Crippen LogP) is 3.36. The number of hydrogen-bond acceptors (Lipinski definition) is 6. The lowest BCUT2D eigenvalue weighted by Gasteiger charge is -2.37. The first-order chi connectivity index (χ1) is 15.3. The van der Waals surface area contributed by atoms with Crippen LogP contribution in [0.5, 0.6) is 0 Å². The summed E-state index contributed by atoms with van der Waals surface area (Å²) < 4.78 is 38.1. The van der Waals surface area contributed by atoms with E-state index in [1.807, 2.05) is 16.7 Å². The summed E-state index contributed by atoms with van der Waals surface area (Å²) in [6.07, 6.45) is -2.04. The molecule has 2 aliphatic rings. The molecule has 4 heterocycles. The Kier molecular flexibility index (Phi) is 6.85. The number of piperidine rings is 1. The van der Waals surface area contributed by atoms with Crippen molar-refractivity contribution in [2.24, 2.45) is 0 Å². The molecule has 2 aliphatic heterocycles. The smallest absolute Gasteiger partial charge is 0.356 e. The van der Waals surface area contributed by atoms with Crippen LogP contribution in [0, 0.1) is 6.92 Å². The summed E-state index contributed by atoms with van der Waals surface area (Å²) in [5.74, 6) is 0.536. The Balaban J connectivity index is 1.19. The molecule has 32 heavy (non-hydrogen) atoms. The van der Waals surface area contributed by atoms with Gasteiger partial charge in [-0.05, 0) is 31.9 Å². The topological polar surface area (TPSA) is 64.6 Å². The molecule has 2 fully saturated rings. The van der Waals surface area contributed by atoms with Crippen LogP contribution in [0.3, 0.4) is 0 Å². The van der Waals surface area contributed by atoms with Crippen LogP contribution in [0.1, 0.15) is 29.1 Å².